The first-order chi connectivity index (χ1) is 11.0. The number of hydrogen-bond donors (Lipinski definition) is 2. The fourth-order valence-electron chi connectivity index (χ4n) is 1.85. The first-order valence-electron chi connectivity index (χ1n) is 6.74. The summed E-state index contributed by atoms with van der Waals surface area (Å²) < 4.78 is 39.1. The SMILES string of the molecule is O=C(CCNC(=O)c1ccc(F)cc1F)Nc1cccc(F)c1. The van der Waals surface area contributed by atoms with Gasteiger partial charge in [0.15, 0.2) is 0 Å². The molecule has 0 atom stereocenters. The molecule has 2 aromatic carbocycles. The first kappa shape index (κ1) is 16.5. The van der Waals surface area contributed by atoms with E-state index in [9.17, 15) is 22.8 Å². The molecule has 0 unspecified atom stereocenters. The van der Waals surface area contributed by atoms with Crippen molar-refractivity contribution in [2.45, 2.75) is 6.42 Å². The summed E-state index contributed by atoms with van der Waals surface area (Å²) in [5.74, 6) is -3.43. The van der Waals surface area contributed by atoms with Crippen LogP contribution in [0.3, 0.4) is 0 Å². The number of carbonyl (C=O) groups is 2. The van der Waals surface area contributed by atoms with Crippen LogP contribution in [0, 0.1) is 17.5 Å². The molecular weight excluding hydrogens is 309 g/mol. The predicted molar refractivity (Wildman–Crippen MR) is 78.3 cm³/mol. The van der Waals surface area contributed by atoms with Crippen LogP contribution >= 0.6 is 0 Å². The average molecular weight is 322 g/mol. The monoisotopic (exact) mass is 322 g/mol. The van der Waals surface area contributed by atoms with E-state index in [1.807, 2.05) is 0 Å². The summed E-state index contributed by atoms with van der Waals surface area (Å²) in [6.07, 6.45) is -0.0783. The molecule has 0 spiro atoms. The summed E-state index contributed by atoms with van der Waals surface area (Å²) in [7, 11) is 0. The third kappa shape index (κ3) is 4.84. The van der Waals surface area contributed by atoms with Crippen LogP contribution in [0.2, 0.25) is 0 Å². The number of rotatable bonds is 5. The normalized spacial score (nSPS) is 10.2. The fourth-order valence-corrected chi connectivity index (χ4v) is 1.85. The van der Waals surface area contributed by atoms with Gasteiger partial charge in [-0.05, 0) is 30.3 Å². The highest BCUT2D eigenvalue weighted by Crippen LogP contribution is 2.10. The molecule has 4 nitrogen and oxygen atoms in total. The van der Waals surface area contributed by atoms with Crippen molar-refractivity contribution in [3.63, 3.8) is 0 Å². The van der Waals surface area contributed by atoms with E-state index >= 15 is 0 Å². The van der Waals surface area contributed by atoms with Gasteiger partial charge in [-0.15, -0.1) is 0 Å². The van der Waals surface area contributed by atoms with Crippen molar-refractivity contribution in [3.8, 4) is 0 Å². The van der Waals surface area contributed by atoms with E-state index in [2.05, 4.69) is 10.6 Å². The van der Waals surface area contributed by atoms with Gasteiger partial charge in [0.2, 0.25) is 5.91 Å². The standard InChI is InChI=1S/C16H13F3N2O2/c17-10-2-1-3-12(8-10)21-15(22)6-7-20-16(23)13-5-4-11(18)9-14(13)19/h1-5,8-9H,6-7H2,(H,20,23)(H,21,22). The van der Waals surface area contributed by atoms with Crippen LogP contribution in [0.25, 0.3) is 0 Å². The molecule has 0 saturated carbocycles. The maximum Gasteiger partial charge on any atom is 0.254 e. The van der Waals surface area contributed by atoms with Gasteiger partial charge in [-0.3, -0.25) is 9.59 Å². The Labute approximate surface area is 130 Å². The van der Waals surface area contributed by atoms with Gasteiger partial charge in [0.1, 0.15) is 17.5 Å². The zero-order valence-corrected chi connectivity index (χ0v) is 11.9. The van der Waals surface area contributed by atoms with Gasteiger partial charge in [-0.25, -0.2) is 13.2 Å². The minimum Gasteiger partial charge on any atom is -0.351 e. The average Bonchev–Trinajstić information content (AvgIpc) is 2.47. The topological polar surface area (TPSA) is 58.2 Å². The van der Waals surface area contributed by atoms with Crippen molar-refractivity contribution >= 4 is 17.5 Å². The molecule has 2 amide bonds. The first-order valence-corrected chi connectivity index (χ1v) is 6.74. The van der Waals surface area contributed by atoms with Crippen molar-refractivity contribution in [1.29, 1.82) is 0 Å². The molecule has 0 aliphatic rings. The molecule has 23 heavy (non-hydrogen) atoms. The largest absolute Gasteiger partial charge is 0.351 e. The van der Waals surface area contributed by atoms with E-state index in [4.69, 9.17) is 0 Å². The van der Waals surface area contributed by atoms with Crippen molar-refractivity contribution in [2.24, 2.45) is 0 Å². The summed E-state index contributed by atoms with van der Waals surface area (Å²) in [5, 5.41) is 4.81. The maximum absolute atomic E-state index is 13.4. The molecular formula is C16H13F3N2O2. The summed E-state index contributed by atoms with van der Waals surface area (Å²) in [6.45, 7) is -0.0448. The van der Waals surface area contributed by atoms with E-state index in [1.54, 1.807) is 0 Å². The fraction of sp³-hybridized carbons (Fsp3) is 0.125. The highest BCUT2D eigenvalue weighted by atomic mass is 19.1. The molecule has 0 aromatic heterocycles. The quantitative estimate of drug-likeness (QED) is 0.889. The van der Waals surface area contributed by atoms with Crippen molar-refractivity contribution in [1.82, 2.24) is 5.32 Å². The molecule has 0 aliphatic heterocycles. The minimum absolute atomic E-state index is 0.0448. The van der Waals surface area contributed by atoms with Gasteiger partial charge in [0, 0.05) is 24.7 Å². The molecule has 120 valence electrons. The molecule has 7 heteroatoms. The summed E-state index contributed by atoms with van der Waals surface area (Å²) in [4.78, 5) is 23.4. The zero-order chi connectivity index (χ0) is 16.8. The molecule has 0 radical (unpaired) electrons. The van der Waals surface area contributed by atoms with Crippen molar-refractivity contribution < 1.29 is 22.8 Å². The summed E-state index contributed by atoms with van der Waals surface area (Å²) in [6, 6.07) is 7.96. The Hall–Kier alpha value is -2.83. The van der Waals surface area contributed by atoms with Gasteiger partial charge in [-0.1, -0.05) is 6.07 Å². The number of carbonyl (C=O) groups excluding carboxylic acids is 2. The summed E-state index contributed by atoms with van der Waals surface area (Å²) >= 11 is 0. The number of hydrogen-bond acceptors (Lipinski definition) is 2. The van der Waals surface area contributed by atoms with E-state index in [0.717, 1.165) is 18.2 Å². The lowest BCUT2D eigenvalue weighted by Crippen LogP contribution is -2.28. The second kappa shape index (κ2) is 7.44. The van der Waals surface area contributed by atoms with Gasteiger partial charge < -0.3 is 10.6 Å². The Morgan fingerprint density at radius 2 is 1.70 bits per heavy atom. The van der Waals surface area contributed by atoms with Crippen molar-refractivity contribution in [2.75, 3.05) is 11.9 Å². The van der Waals surface area contributed by atoms with E-state index in [1.165, 1.54) is 18.2 Å². The van der Waals surface area contributed by atoms with Gasteiger partial charge in [0.25, 0.3) is 5.91 Å². The third-order valence-electron chi connectivity index (χ3n) is 2.92. The molecule has 2 rings (SSSR count). The van der Waals surface area contributed by atoms with Gasteiger partial charge in [-0.2, -0.15) is 0 Å². The second-order valence-electron chi connectivity index (χ2n) is 4.69. The van der Waals surface area contributed by atoms with Gasteiger partial charge in [0.05, 0.1) is 5.56 Å². The molecule has 0 bridgehead atoms. The molecule has 0 saturated heterocycles. The zero-order valence-electron chi connectivity index (χ0n) is 11.9. The van der Waals surface area contributed by atoms with Crippen LogP contribution < -0.4 is 10.6 Å². The highest BCUT2D eigenvalue weighted by molar-refractivity contribution is 5.95. The Morgan fingerprint density at radius 1 is 0.957 bits per heavy atom. The lowest BCUT2D eigenvalue weighted by atomic mass is 10.2. The van der Waals surface area contributed by atoms with Crippen LogP contribution in [0.4, 0.5) is 18.9 Å². The molecule has 0 aliphatic carbocycles. The van der Waals surface area contributed by atoms with Crippen LogP contribution in [0.1, 0.15) is 16.8 Å². The predicted octanol–water partition coefficient (Wildman–Crippen LogP) is 2.86. The molecule has 0 fully saturated rings. The molecule has 0 heterocycles. The minimum atomic E-state index is -0.980. The third-order valence-corrected chi connectivity index (χ3v) is 2.92. The van der Waals surface area contributed by atoms with Gasteiger partial charge >= 0.3 is 0 Å². The van der Waals surface area contributed by atoms with Crippen LogP contribution in [-0.2, 0) is 4.79 Å². The van der Waals surface area contributed by atoms with Crippen molar-refractivity contribution in [3.05, 3.63) is 65.5 Å². The van der Waals surface area contributed by atoms with Crippen LogP contribution in [-0.4, -0.2) is 18.4 Å². The number of amides is 2. The Balaban J connectivity index is 1.82. The lowest BCUT2D eigenvalue weighted by molar-refractivity contribution is -0.116. The molecule has 2 aromatic rings. The lowest BCUT2D eigenvalue weighted by Gasteiger charge is -2.07. The number of anilines is 1. The Bertz CT molecular complexity index is 735. The maximum atomic E-state index is 13.4. The summed E-state index contributed by atoms with van der Waals surface area (Å²) in [5.41, 5.74) is -0.0113. The van der Waals surface area contributed by atoms with E-state index in [0.29, 0.717) is 11.8 Å². The number of nitrogens with one attached hydrogen (secondary N) is 2. The smallest absolute Gasteiger partial charge is 0.254 e. The highest BCUT2D eigenvalue weighted by Gasteiger charge is 2.12. The number of benzene rings is 2. The Kier molecular flexibility index (Phi) is 5.35. The Morgan fingerprint density at radius 3 is 2.39 bits per heavy atom. The van der Waals surface area contributed by atoms with Crippen LogP contribution in [0.15, 0.2) is 42.5 Å². The second-order valence-corrected chi connectivity index (χ2v) is 4.69. The van der Waals surface area contributed by atoms with E-state index in [-0.39, 0.29) is 18.5 Å². The molecule has 2 N–H and O–H groups in total. The number of halogens is 3. The van der Waals surface area contributed by atoms with Crippen LogP contribution in [0.5, 0.6) is 0 Å². The van der Waals surface area contributed by atoms with E-state index < -0.39 is 29.3 Å².